The summed E-state index contributed by atoms with van der Waals surface area (Å²) in [4.78, 5) is 11.9. The number of ether oxygens (including phenoxy) is 1. The zero-order valence-electron chi connectivity index (χ0n) is 15.1. The molecule has 1 aromatic rings. The van der Waals surface area contributed by atoms with Crippen molar-refractivity contribution in [2.75, 3.05) is 12.4 Å². The highest BCUT2D eigenvalue weighted by Crippen LogP contribution is 2.26. The van der Waals surface area contributed by atoms with Crippen LogP contribution in [0.15, 0.2) is 24.3 Å². The first-order valence-corrected chi connectivity index (χ1v) is 10.9. The van der Waals surface area contributed by atoms with Crippen LogP contribution < -0.4 is 5.32 Å². The number of alkyl halides is 3. The maximum atomic E-state index is 12.8. The molecule has 1 amide bonds. The Morgan fingerprint density at radius 2 is 1.78 bits per heavy atom. The van der Waals surface area contributed by atoms with Crippen molar-refractivity contribution in [3.05, 3.63) is 35.4 Å². The molecule has 0 aliphatic rings. The molecule has 0 bridgehead atoms. The van der Waals surface area contributed by atoms with Crippen LogP contribution >= 0.6 is 34.8 Å². The predicted octanol–water partition coefficient (Wildman–Crippen LogP) is 4.16. The van der Waals surface area contributed by atoms with E-state index in [-0.39, 0.29) is 11.7 Å². The third-order valence-corrected chi connectivity index (χ3v) is 6.44. The molecule has 2 atom stereocenters. The average Bonchev–Trinajstić information content (AvgIpc) is 2.58. The highest BCUT2D eigenvalue weighted by atomic mass is 35.6. The van der Waals surface area contributed by atoms with Gasteiger partial charge in [0.1, 0.15) is 6.61 Å². The summed E-state index contributed by atoms with van der Waals surface area (Å²) in [7, 11) is -3.60. The number of benzene rings is 1. The number of alkyl carbamates (subject to hydrolysis) is 1. The maximum absolute atomic E-state index is 12.8. The van der Waals surface area contributed by atoms with E-state index in [4.69, 9.17) is 44.8 Å². The Morgan fingerprint density at radius 3 is 2.22 bits per heavy atom. The second-order valence-corrected chi connectivity index (χ2v) is 11.3. The van der Waals surface area contributed by atoms with Crippen LogP contribution in [0, 0.1) is 17.2 Å². The number of hydrogen-bond donors (Lipinski definition) is 1. The van der Waals surface area contributed by atoms with Crippen LogP contribution in [-0.4, -0.2) is 36.7 Å². The van der Waals surface area contributed by atoms with Crippen LogP contribution in [0.4, 0.5) is 4.79 Å². The number of amides is 1. The molecular formula is C17H21Cl3N2O4S. The number of halogens is 3. The molecule has 10 heteroatoms. The van der Waals surface area contributed by atoms with Gasteiger partial charge < -0.3 is 10.1 Å². The lowest BCUT2D eigenvalue weighted by atomic mass is 10.1. The molecule has 1 N–H and O–H groups in total. The first-order valence-electron chi connectivity index (χ1n) is 8.07. The molecule has 0 aliphatic carbocycles. The van der Waals surface area contributed by atoms with Crippen LogP contribution in [0.5, 0.6) is 0 Å². The molecule has 0 fully saturated rings. The molecule has 0 aliphatic heterocycles. The van der Waals surface area contributed by atoms with Crippen molar-refractivity contribution in [2.24, 2.45) is 5.92 Å². The minimum Gasteiger partial charge on any atom is -0.445 e. The van der Waals surface area contributed by atoms with E-state index in [0.29, 0.717) is 11.1 Å². The summed E-state index contributed by atoms with van der Waals surface area (Å²) in [6.45, 7) is 4.67. The highest BCUT2D eigenvalue weighted by molar-refractivity contribution is 7.91. The van der Waals surface area contributed by atoms with Crippen molar-refractivity contribution >= 4 is 50.7 Å². The van der Waals surface area contributed by atoms with Gasteiger partial charge in [-0.2, -0.15) is 5.26 Å². The van der Waals surface area contributed by atoms with Crippen molar-refractivity contribution in [2.45, 2.75) is 35.9 Å². The van der Waals surface area contributed by atoms with Gasteiger partial charge in [-0.15, -0.1) is 0 Å². The first kappa shape index (κ1) is 23.8. The van der Waals surface area contributed by atoms with Crippen molar-refractivity contribution in [1.29, 1.82) is 5.26 Å². The molecule has 0 spiro atoms. The SMILES string of the molecule is CC(C)[C@@H](CS(=O)(=O)C(C)c1ccc(C#N)cc1)NC(=O)OCC(Cl)(Cl)Cl. The van der Waals surface area contributed by atoms with Gasteiger partial charge >= 0.3 is 6.09 Å². The number of nitrogens with one attached hydrogen (secondary N) is 1. The van der Waals surface area contributed by atoms with Gasteiger partial charge in [-0.1, -0.05) is 60.8 Å². The van der Waals surface area contributed by atoms with Crippen LogP contribution in [0.3, 0.4) is 0 Å². The number of nitriles is 1. The van der Waals surface area contributed by atoms with Gasteiger partial charge in [0, 0.05) is 6.04 Å². The van der Waals surface area contributed by atoms with Crippen LogP contribution in [0.1, 0.15) is 37.1 Å². The molecular weight excluding hydrogens is 435 g/mol. The Morgan fingerprint density at radius 1 is 1.22 bits per heavy atom. The Bertz CT molecular complexity index is 784. The number of carbonyl (C=O) groups excluding carboxylic acids is 1. The number of hydrogen-bond acceptors (Lipinski definition) is 5. The van der Waals surface area contributed by atoms with E-state index in [0.717, 1.165) is 0 Å². The van der Waals surface area contributed by atoms with Gasteiger partial charge in [-0.3, -0.25) is 0 Å². The number of nitrogens with zero attached hydrogens (tertiary/aromatic N) is 1. The monoisotopic (exact) mass is 454 g/mol. The largest absolute Gasteiger partial charge is 0.445 e. The zero-order valence-corrected chi connectivity index (χ0v) is 18.2. The molecule has 0 saturated heterocycles. The topological polar surface area (TPSA) is 96.3 Å². The van der Waals surface area contributed by atoms with Crippen molar-refractivity contribution in [3.8, 4) is 6.07 Å². The van der Waals surface area contributed by atoms with Crippen LogP contribution in [-0.2, 0) is 14.6 Å². The third-order valence-electron chi connectivity index (χ3n) is 3.93. The quantitative estimate of drug-likeness (QED) is 0.623. The molecule has 27 heavy (non-hydrogen) atoms. The first-order chi connectivity index (χ1) is 12.4. The zero-order chi connectivity index (χ0) is 20.8. The standard InChI is InChI=1S/C17H21Cl3N2O4S/c1-11(2)15(22-16(23)26-10-17(18,19)20)9-27(24,25)12(3)14-6-4-13(8-21)5-7-14/h4-7,11-12,15H,9-10H2,1-3H3,(H,22,23)/t12?,15-/m1/s1. The fourth-order valence-corrected chi connectivity index (χ4v) is 4.16. The van der Waals surface area contributed by atoms with Crippen molar-refractivity contribution in [1.82, 2.24) is 5.32 Å². The minimum absolute atomic E-state index is 0.173. The normalized spacial score (nSPS) is 14.3. The molecule has 150 valence electrons. The van der Waals surface area contributed by atoms with E-state index < -0.39 is 37.6 Å². The van der Waals surface area contributed by atoms with Crippen LogP contribution in [0.2, 0.25) is 0 Å². The summed E-state index contributed by atoms with van der Waals surface area (Å²) >= 11 is 16.6. The Hall–Kier alpha value is -1.20. The van der Waals surface area contributed by atoms with E-state index in [1.165, 1.54) is 0 Å². The Labute approximate surface area is 174 Å². The number of carbonyl (C=O) groups is 1. The van der Waals surface area contributed by atoms with E-state index in [1.54, 1.807) is 45.0 Å². The van der Waals surface area contributed by atoms with Gasteiger partial charge in [0.2, 0.25) is 3.79 Å². The molecule has 0 radical (unpaired) electrons. The fraction of sp³-hybridized carbons (Fsp3) is 0.529. The average molecular weight is 456 g/mol. The molecule has 0 saturated carbocycles. The molecule has 0 heterocycles. The molecule has 1 unspecified atom stereocenters. The van der Waals surface area contributed by atoms with Crippen molar-refractivity contribution < 1.29 is 17.9 Å². The summed E-state index contributed by atoms with van der Waals surface area (Å²) in [6, 6.07) is 7.64. The van der Waals surface area contributed by atoms with Crippen molar-refractivity contribution in [3.63, 3.8) is 0 Å². The second-order valence-electron chi connectivity index (χ2n) is 6.39. The second kappa shape index (κ2) is 9.83. The lowest BCUT2D eigenvalue weighted by Crippen LogP contribution is -2.44. The number of sulfone groups is 1. The summed E-state index contributed by atoms with van der Waals surface area (Å²) in [5.41, 5.74) is 1.01. The fourth-order valence-electron chi connectivity index (χ4n) is 2.17. The third kappa shape index (κ3) is 8.14. The summed E-state index contributed by atoms with van der Waals surface area (Å²) in [6.07, 6.45) is -0.860. The van der Waals surface area contributed by atoms with Crippen LogP contribution in [0.25, 0.3) is 0 Å². The lowest BCUT2D eigenvalue weighted by molar-refractivity contribution is 0.142. The molecule has 6 nitrogen and oxygen atoms in total. The number of rotatable bonds is 7. The maximum Gasteiger partial charge on any atom is 0.407 e. The molecule has 1 aromatic carbocycles. The lowest BCUT2D eigenvalue weighted by Gasteiger charge is -2.24. The Balaban J connectivity index is 2.84. The highest BCUT2D eigenvalue weighted by Gasteiger charge is 2.30. The minimum atomic E-state index is -3.60. The van der Waals surface area contributed by atoms with Gasteiger partial charge in [0.25, 0.3) is 0 Å². The van der Waals surface area contributed by atoms with Gasteiger partial charge in [0.05, 0.1) is 22.6 Å². The van der Waals surface area contributed by atoms with Gasteiger partial charge in [-0.25, -0.2) is 13.2 Å². The predicted molar refractivity (Wildman–Crippen MR) is 107 cm³/mol. The van der Waals surface area contributed by atoms with Gasteiger partial charge in [-0.05, 0) is 30.5 Å². The van der Waals surface area contributed by atoms with E-state index >= 15 is 0 Å². The summed E-state index contributed by atoms with van der Waals surface area (Å²) < 4.78 is 28.6. The molecule has 1 rings (SSSR count). The Kier molecular flexibility index (Phi) is 8.68. The summed E-state index contributed by atoms with van der Waals surface area (Å²) in [5.74, 6) is -0.456. The van der Waals surface area contributed by atoms with E-state index in [1.807, 2.05) is 6.07 Å². The van der Waals surface area contributed by atoms with E-state index in [2.05, 4.69) is 5.32 Å². The summed E-state index contributed by atoms with van der Waals surface area (Å²) in [5, 5.41) is 10.5. The van der Waals surface area contributed by atoms with E-state index in [9.17, 15) is 13.2 Å². The molecule has 0 aromatic heterocycles. The van der Waals surface area contributed by atoms with Gasteiger partial charge in [0.15, 0.2) is 9.84 Å². The smallest absolute Gasteiger partial charge is 0.407 e.